The Balaban J connectivity index is 1.35. The molecule has 0 radical (unpaired) electrons. The minimum Gasteiger partial charge on any atom is -0.497 e. The fraction of sp³-hybridized carbons (Fsp3) is 0.222. The highest BCUT2D eigenvalue weighted by Gasteiger charge is 2.04. The molecule has 3 rings (SSSR count). The van der Waals surface area contributed by atoms with Crippen LogP contribution in [0.1, 0.15) is 0 Å². The van der Waals surface area contributed by atoms with Gasteiger partial charge in [0, 0.05) is 31.5 Å². The van der Waals surface area contributed by atoms with E-state index in [0.29, 0.717) is 36.2 Å². The van der Waals surface area contributed by atoms with E-state index in [1.807, 2.05) is 18.2 Å². The third-order valence-electron chi connectivity index (χ3n) is 3.55. The molecule has 0 spiro atoms. The Kier molecular flexibility index (Phi) is 6.18. The maximum Gasteiger partial charge on any atom is 0.258 e. The minimum absolute atomic E-state index is 0.0639. The van der Waals surface area contributed by atoms with E-state index in [9.17, 15) is 4.79 Å². The minimum atomic E-state index is -0.209. The Morgan fingerprint density at radius 3 is 2.74 bits per heavy atom. The Labute approximate surface area is 156 Å². The van der Waals surface area contributed by atoms with Crippen LogP contribution in [0.5, 0.6) is 11.5 Å². The maximum atomic E-state index is 11.8. The van der Waals surface area contributed by atoms with Crippen LogP contribution in [0, 0.1) is 0 Å². The lowest BCUT2D eigenvalue weighted by atomic mass is 10.3. The summed E-state index contributed by atoms with van der Waals surface area (Å²) in [6, 6.07) is 12.5. The Bertz CT molecular complexity index is 852. The van der Waals surface area contributed by atoms with Gasteiger partial charge in [-0.3, -0.25) is 4.79 Å². The third kappa shape index (κ3) is 5.43. The smallest absolute Gasteiger partial charge is 0.258 e. The first-order valence-electron chi connectivity index (χ1n) is 8.36. The second-order valence-electron chi connectivity index (χ2n) is 5.47. The number of carbonyl (C=O) groups is 1. The quantitative estimate of drug-likeness (QED) is 0.548. The van der Waals surface area contributed by atoms with Crippen LogP contribution >= 0.6 is 0 Å². The van der Waals surface area contributed by atoms with E-state index in [1.54, 1.807) is 48.5 Å². The number of carbonyl (C=O) groups excluding carboxylic acids is 1. The van der Waals surface area contributed by atoms with E-state index >= 15 is 0 Å². The fourth-order valence-corrected chi connectivity index (χ4v) is 2.23. The summed E-state index contributed by atoms with van der Waals surface area (Å²) in [6.45, 7) is 0.884. The molecule has 0 bridgehead atoms. The normalized spacial score (nSPS) is 10.3. The lowest BCUT2D eigenvalue weighted by Crippen LogP contribution is -2.32. The number of hydrogen-bond acceptors (Lipinski definition) is 7. The molecule has 2 N–H and O–H groups in total. The number of amides is 1. The average Bonchev–Trinajstić information content (AvgIpc) is 3.25. The number of aromatic nitrogens is 4. The van der Waals surface area contributed by atoms with Crippen LogP contribution in [0.4, 0.5) is 5.82 Å². The summed E-state index contributed by atoms with van der Waals surface area (Å²) >= 11 is 0. The van der Waals surface area contributed by atoms with Crippen LogP contribution in [0.25, 0.3) is 5.82 Å². The molecule has 0 atom stereocenters. The van der Waals surface area contributed by atoms with Gasteiger partial charge in [-0.15, -0.1) is 10.2 Å². The molecule has 0 saturated carbocycles. The van der Waals surface area contributed by atoms with Gasteiger partial charge in [-0.05, 0) is 30.3 Å². The molecular formula is C18H20N6O3. The monoisotopic (exact) mass is 368 g/mol. The van der Waals surface area contributed by atoms with Gasteiger partial charge in [0.15, 0.2) is 12.4 Å². The molecule has 0 unspecified atom stereocenters. The van der Waals surface area contributed by atoms with Crippen molar-refractivity contribution in [2.24, 2.45) is 0 Å². The highest BCUT2D eigenvalue weighted by atomic mass is 16.5. The van der Waals surface area contributed by atoms with Gasteiger partial charge < -0.3 is 20.1 Å². The Morgan fingerprint density at radius 2 is 2.00 bits per heavy atom. The number of anilines is 1. The second-order valence-corrected chi connectivity index (χ2v) is 5.47. The largest absolute Gasteiger partial charge is 0.497 e. The van der Waals surface area contributed by atoms with Gasteiger partial charge in [-0.1, -0.05) is 6.07 Å². The molecule has 0 fully saturated rings. The Hall–Kier alpha value is -3.62. The molecule has 0 saturated heterocycles. The van der Waals surface area contributed by atoms with Crippen LogP contribution < -0.4 is 20.1 Å². The van der Waals surface area contributed by atoms with Gasteiger partial charge in [0.05, 0.1) is 7.11 Å². The number of ether oxygens (including phenoxy) is 2. The van der Waals surface area contributed by atoms with Gasteiger partial charge >= 0.3 is 0 Å². The Morgan fingerprint density at radius 1 is 1.11 bits per heavy atom. The number of benzene rings is 1. The van der Waals surface area contributed by atoms with Gasteiger partial charge in [0.2, 0.25) is 0 Å². The SMILES string of the molecule is COc1cccc(OCC(=O)NCCNc2ccc(-n3cccn3)nn2)c1. The lowest BCUT2D eigenvalue weighted by Gasteiger charge is -2.09. The van der Waals surface area contributed by atoms with Crippen LogP contribution in [-0.2, 0) is 4.79 Å². The molecule has 1 amide bonds. The van der Waals surface area contributed by atoms with E-state index in [4.69, 9.17) is 9.47 Å². The summed E-state index contributed by atoms with van der Waals surface area (Å²) in [7, 11) is 1.58. The molecule has 0 aliphatic rings. The van der Waals surface area contributed by atoms with Gasteiger partial charge in [0.25, 0.3) is 5.91 Å². The molecule has 9 nitrogen and oxygen atoms in total. The van der Waals surface area contributed by atoms with Crippen molar-refractivity contribution < 1.29 is 14.3 Å². The number of nitrogens with zero attached hydrogens (tertiary/aromatic N) is 4. The van der Waals surface area contributed by atoms with Gasteiger partial charge in [-0.2, -0.15) is 5.10 Å². The maximum absolute atomic E-state index is 11.8. The van der Waals surface area contributed by atoms with E-state index in [1.165, 1.54) is 0 Å². The molecule has 140 valence electrons. The zero-order valence-corrected chi connectivity index (χ0v) is 14.8. The molecule has 27 heavy (non-hydrogen) atoms. The predicted molar refractivity (Wildman–Crippen MR) is 99.1 cm³/mol. The first-order chi connectivity index (χ1) is 13.2. The summed E-state index contributed by atoms with van der Waals surface area (Å²) in [5.74, 6) is 2.30. The van der Waals surface area contributed by atoms with Crippen LogP contribution in [0.3, 0.4) is 0 Å². The van der Waals surface area contributed by atoms with Crippen molar-refractivity contribution in [3.05, 3.63) is 54.9 Å². The zero-order chi connectivity index (χ0) is 18.9. The number of methoxy groups -OCH3 is 1. The average molecular weight is 368 g/mol. The van der Waals surface area contributed by atoms with Crippen molar-refractivity contribution in [3.63, 3.8) is 0 Å². The second kappa shape index (κ2) is 9.18. The van der Waals surface area contributed by atoms with Crippen LogP contribution in [0.2, 0.25) is 0 Å². The van der Waals surface area contributed by atoms with Crippen molar-refractivity contribution in [2.75, 3.05) is 32.1 Å². The van der Waals surface area contributed by atoms with Crippen molar-refractivity contribution in [1.29, 1.82) is 0 Å². The first kappa shape index (κ1) is 18.2. The van der Waals surface area contributed by atoms with Crippen molar-refractivity contribution >= 4 is 11.7 Å². The highest BCUT2D eigenvalue weighted by molar-refractivity contribution is 5.77. The fourth-order valence-electron chi connectivity index (χ4n) is 2.23. The zero-order valence-electron chi connectivity index (χ0n) is 14.8. The van der Waals surface area contributed by atoms with Crippen LogP contribution in [0.15, 0.2) is 54.9 Å². The molecule has 2 heterocycles. The summed E-state index contributed by atoms with van der Waals surface area (Å²) < 4.78 is 12.2. The predicted octanol–water partition coefficient (Wildman–Crippen LogP) is 1.28. The van der Waals surface area contributed by atoms with Crippen molar-refractivity contribution in [1.82, 2.24) is 25.3 Å². The standard InChI is InChI=1S/C18H20N6O3/c1-26-14-4-2-5-15(12-14)27-13-18(25)20-10-9-19-16-6-7-17(23-22-16)24-11-3-8-21-24/h2-8,11-12H,9-10,13H2,1H3,(H,19,22)(H,20,25). The molecule has 9 heteroatoms. The van der Waals surface area contributed by atoms with E-state index in [0.717, 1.165) is 0 Å². The van der Waals surface area contributed by atoms with E-state index in [-0.39, 0.29) is 12.5 Å². The lowest BCUT2D eigenvalue weighted by molar-refractivity contribution is -0.123. The molecule has 3 aromatic rings. The van der Waals surface area contributed by atoms with E-state index < -0.39 is 0 Å². The third-order valence-corrected chi connectivity index (χ3v) is 3.55. The van der Waals surface area contributed by atoms with Crippen LogP contribution in [-0.4, -0.2) is 52.7 Å². The molecular weight excluding hydrogens is 348 g/mol. The van der Waals surface area contributed by atoms with Crippen molar-refractivity contribution in [3.8, 4) is 17.3 Å². The topological polar surface area (TPSA) is 103 Å². The number of nitrogens with one attached hydrogen (secondary N) is 2. The summed E-state index contributed by atoms with van der Waals surface area (Å²) in [5, 5.41) is 18.1. The molecule has 0 aliphatic heterocycles. The number of hydrogen-bond donors (Lipinski definition) is 2. The molecule has 0 aliphatic carbocycles. The van der Waals surface area contributed by atoms with Gasteiger partial charge in [0.1, 0.15) is 17.3 Å². The summed E-state index contributed by atoms with van der Waals surface area (Å²) in [4.78, 5) is 11.8. The first-order valence-corrected chi connectivity index (χ1v) is 8.36. The summed E-state index contributed by atoms with van der Waals surface area (Å²) in [5.41, 5.74) is 0. The highest BCUT2D eigenvalue weighted by Crippen LogP contribution is 2.18. The van der Waals surface area contributed by atoms with E-state index in [2.05, 4.69) is 25.9 Å². The molecule has 2 aromatic heterocycles. The molecule has 1 aromatic carbocycles. The number of rotatable bonds is 9. The van der Waals surface area contributed by atoms with Gasteiger partial charge in [-0.25, -0.2) is 4.68 Å². The van der Waals surface area contributed by atoms with Crippen molar-refractivity contribution in [2.45, 2.75) is 0 Å². The summed E-state index contributed by atoms with van der Waals surface area (Å²) in [6.07, 6.45) is 3.47.